The largest absolute Gasteiger partial charge is 0.436 e. The second-order valence-electron chi connectivity index (χ2n) is 5.79. The Kier molecular flexibility index (Phi) is 5.21. The molecule has 0 aliphatic heterocycles. The first-order chi connectivity index (χ1) is 13.0. The highest BCUT2D eigenvalue weighted by Crippen LogP contribution is 2.33. The highest BCUT2D eigenvalue weighted by molar-refractivity contribution is 14.1. The number of nitrogens with zero attached hydrogens (tertiary/aromatic N) is 1. The summed E-state index contributed by atoms with van der Waals surface area (Å²) < 4.78 is 7.78. The molecule has 7 heteroatoms. The van der Waals surface area contributed by atoms with E-state index in [-0.39, 0.29) is 5.91 Å². The van der Waals surface area contributed by atoms with Gasteiger partial charge in [-0.05, 0) is 83.3 Å². The van der Waals surface area contributed by atoms with Crippen molar-refractivity contribution in [1.29, 1.82) is 0 Å². The lowest BCUT2D eigenvalue weighted by Crippen LogP contribution is -2.11. The van der Waals surface area contributed by atoms with Crippen LogP contribution in [0.5, 0.6) is 0 Å². The fourth-order valence-electron chi connectivity index (χ4n) is 2.59. The zero-order valence-corrected chi connectivity index (χ0v) is 18.2. The zero-order chi connectivity index (χ0) is 19.0. The highest BCUT2D eigenvalue weighted by atomic mass is 127. The van der Waals surface area contributed by atoms with E-state index >= 15 is 0 Å². The third-order valence-corrected chi connectivity index (χ3v) is 5.45. The lowest BCUT2D eigenvalue weighted by molar-refractivity contribution is 0.102. The van der Waals surface area contributed by atoms with Crippen molar-refractivity contribution in [3.05, 3.63) is 79.3 Å². The molecule has 4 aromatic rings. The number of benzene rings is 3. The van der Waals surface area contributed by atoms with Gasteiger partial charge in [-0.2, -0.15) is 0 Å². The Hall–Kier alpha value is -1.90. The van der Waals surface area contributed by atoms with Crippen LogP contribution in [0.25, 0.3) is 22.6 Å². The summed E-state index contributed by atoms with van der Waals surface area (Å²) in [6.07, 6.45) is 0. The summed E-state index contributed by atoms with van der Waals surface area (Å²) in [7, 11) is 0. The van der Waals surface area contributed by atoms with Crippen molar-refractivity contribution in [2.24, 2.45) is 0 Å². The first kappa shape index (κ1) is 18.5. The normalized spacial score (nSPS) is 10.9. The van der Waals surface area contributed by atoms with E-state index in [4.69, 9.17) is 16.0 Å². The number of amides is 1. The molecule has 0 aliphatic carbocycles. The smallest absolute Gasteiger partial charge is 0.255 e. The lowest BCUT2D eigenvalue weighted by atomic mass is 10.2. The van der Waals surface area contributed by atoms with Gasteiger partial charge in [0.15, 0.2) is 5.58 Å². The number of hydrogen-bond donors (Lipinski definition) is 1. The van der Waals surface area contributed by atoms with E-state index in [1.807, 2.05) is 24.3 Å². The molecule has 0 atom stereocenters. The molecule has 1 heterocycles. The molecule has 0 radical (unpaired) electrons. The molecule has 3 aromatic carbocycles. The molecule has 0 saturated heterocycles. The molecule has 134 valence electrons. The maximum atomic E-state index is 12.4. The van der Waals surface area contributed by atoms with Crippen LogP contribution < -0.4 is 5.32 Å². The number of nitrogens with one attached hydrogen (secondary N) is 1. The quantitative estimate of drug-likeness (QED) is 0.285. The minimum atomic E-state index is -0.176. The van der Waals surface area contributed by atoms with Crippen LogP contribution in [0.1, 0.15) is 10.4 Å². The van der Waals surface area contributed by atoms with E-state index in [2.05, 4.69) is 48.8 Å². The molecule has 0 bridgehead atoms. The van der Waals surface area contributed by atoms with Gasteiger partial charge >= 0.3 is 0 Å². The molecule has 0 fully saturated rings. The Labute approximate surface area is 182 Å². The van der Waals surface area contributed by atoms with Gasteiger partial charge in [-0.3, -0.25) is 4.79 Å². The summed E-state index contributed by atoms with van der Waals surface area (Å²) in [5.74, 6) is 0.252. The highest BCUT2D eigenvalue weighted by Gasteiger charge is 2.13. The first-order valence-corrected chi connectivity index (χ1v) is 10.2. The van der Waals surface area contributed by atoms with Gasteiger partial charge in [-0.25, -0.2) is 4.98 Å². The molecule has 0 spiro atoms. The molecule has 1 N–H and O–H groups in total. The van der Waals surface area contributed by atoms with Crippen molar-refractivity contribution in [3.63, 3.8) is 0 Å². The van der Waals surface area contributed by atoms with Crippen LogP contribution in [0.2, 0.25) is 5.02 Å². The number of anilines is 1. The second kappa shape index (κ2) is 7.61. The Morgan fingerprint density at radius 2 is 1.85 bits per heavy atom. The summed E-state index contributed by atoms with van der Waals surface area (Å²) in [6.45, 7) is 0. The van der Waals surface area contributed by atoms with Gasteiger partial charge in [0.05, 0.1) is 10.6 Å². The molecular weight excluding hydrogens is 542 g/mol. The van der Waals surface area contributed by atoms with Crippen molar-refractivity contribution in [2.75, 3.05) is 5.32 Å². The van der Waals surface area contributed by atoms with Crippen molar-refractivity contribution in [3.8, 4) is 11.5 Å². The predicted octanol–water partition coefficient (Wildman–Crippen LogP) is 6.77. The molecule has 0 aliphatic rings. The Morgan fingerprint density at radius 3 is 2.63 bits per heavy atom. The summed E-state index contributed by atoms with van der Waals surface area (Å²) in [5, 5.41) is 3.44. The van der Waals surface area contributed by atoms with E-state index in [1.165, 1.54) is 0 Å². The molecule has 4 rings (SSSR count). The Bertz CT molecular complexity index is 1160. The van der Waals surface area contributed by atoms with E-state index in [0.717, 1.165) is 8.04 Å². The van der Waals surface area contributed by atoms with E-state index in [0.29, 0.717) is 38.8 Å². The number of rotatable bonds is 3. The van der Waals surface area contributed by atoms with E-state index < -0.39 is 0 Å². The van der Waals surface area contributed by atoms with Crippen LogP contribution in [0.4, 0.5) is 5.69 Å². The average Bonchev–Trinajstić information content (AvgIpc) is 3.07. The van der Waals surface area contributed by atoms with Crippen molar-refractivity contribution in [2.45, 2.75) is 0 Å². The average molecular weight is 554 g/mol. The van der Waals surface area contributed by atoms with Gasteiger partial charge in [-0.1, -0.05) is 27.5 Å². The predicted molar refractivity (Wildman–Crippen MR) is 119 cm³/mol. The van der Waals surface area contributed by atoms with Crippen LogP contribution in [0.3, 0.4) is 0 Å². The van der Waals surface area contributed by atoms with E-state index in [9.17, 15) is 4.79 Å². The zero-order valence-electron chi connectivity index (χ0n) is 13.7. The fraction of sp³-hybridized carbons (Fsp3) is 0. The number of carbonyl (C=O) groups excluding carboxylic acids is 1. The van der Waals surface area contributed by atoms with Gasteiger partial charge in [-0.15, -0.1) is 0 Å². The number of fused-ring (bicyclic) bond motifs is 1. The third-order valence-electron chi connectivity index (χ3n) is 3.91. The number of hydrogen-bond acceptors (Lipinski definition) is 3. The number of aromatic nitrogens is 1. The van der Waals surface area contributed by atoms with Crippen molar-refractivity contribution >= 4 is 72.8 Å². The summed E-state index contributed by atoms with van der Waals surface area (Å²) in [6, 6.07) is 18.2. The molecule has 27 heavy (non-hydrogen) atoms. The van der Waals surface area contributed by atoms with Crippen molar-refractivity contribution in [1.82, 2.24) is 4.98 Å². The second-order valence-corrected chi connectivity index (χ2v) is 8.36. The molecule has 1 amide bonds. The van der Waals surface area contributed by atoms with Gasteiger partial charge in [0.25, 0.3) is 5.91 Å². The topological polar surface area (TPSA) is 55.1 Å². The number of oxazole rings is 1. The fourth-order valence-corrected chi connectivity index (χ4v) is 3.51. The number of carbonyl (C=O) groups is 1. The SMILES string of the molecule is O=C(Nc1ccc2oc(-c3cc(Br)ccc3Cl)nc2c1)c1ccc(I)cc1. The molecular formula is C20H11BrClIN2O2. The van der Waals surface area contributed by atoms with Crippen LogP contribution in [0, 0.1) is 3.57 Å². The van der Waals surface area contributed by atoms with Gasteiger partial charge in [0.2, 0.25) is 5.89 Å². The van der Waals surface area contributed by atoms with Crippen LogP contribution in [0.15, 0.2) is 69.6 Å². The van der Waals surface area contributed by atoms with Crippen LogP contribution >= 0.6 is 50.1 Å². The molecule has 4 nitrogen and oxygen atoms in total. The maximum Gasteiger partial charge on any atom is 0.255 e. The number of halogens is 3. The van der Waals surface area contributed by atoms with Gasteiger partial charge in [0.1, 0.15) is 5.52 Å². The minimum absolute atomic E-state index is 0.176. The summed E-state index contributed by atoms with van der Waals surface area (Å²) in [4.78, 5) is 16.9. The maximum absolute atomic E-state index is 12.4. The first-order valence-electron chi connectivity index (χ1n) is 7.92. The monoisotopic (exact) mass is 552 g/mol. The lowest BCUT2D eigenvalue weighted by Gasteiger charge is -2.05. The summed E-state index contributed by atoms with van der Waals surface area (Å²) >= 11 is 11.9. The third kappa shape index (κ3) is 4.02. The minimum Gasteiger partial charge on any atom is -0.436 e. The van der Waals surface area contributed by atoms with Gasteiger partial charge < -0.3 is 9.73 Å². The molecule has 0 saturated carbocycles. The van der Waals surface area contributed by atoms with Crippen molar-refractivity contribution < 1.29 is 9.21 Å². The summed E-state index contributed by atoms with van der Waals surface area (Å²) in [5.41, 5.74) is 3.20. The van der Waals surface area contributed by atoms with Gasteiger partial charge in [0, 0.05) is 19.3 Å². The molecule has 0 unspecified atom stereocenters. The molecule has 1 aromatic heterocycles. The van der Waals surface area contributed by atoms with Crippen LogP contribution in [-0.4, -0.2) is 10.9 Å². The Balaban J connectivity index is 1.64. The van der Waals surface area contributed by atoms with Crippen LogP contribution in [-0.2, 0) is 0 Å². The standard InChI is InChI=1S/C20H11BrClIN2O2/c21-12-3-7-16(22)15(9-12)20-25-17-10-14(6-8-18(17)27-20)24-19(26)11-1-4-13(23)5-2-11/h1-10H,(H,24,26). The Morgan fingerprint density at radius 1 is 1.07 bits per heavy atom. The van der Waals surface area contributed by atoms with E-state index in [1.54, 1.807) is 36.4 Å².